The van der Waals surface area contributed by atoms with Gasteiger partial charge in [-0.2, -0.15) is 0 Å². The van der Waals surface area contributed by atoms with Crippen molar-refractivity contribution in [1.82, 2.24) is 4.90 Å². The molecule has 0 unspecified atom stereocenters. The average Bonchev–Trinajstić information content (AvgIpc) is 2.38. The third-order valence-electron chi connectivity index (χ3n) is 2.84. The highest BCUT2D eigenvalue weighted by molar-refractivity contribution is 5.77. The van der Waals surface area contributed by atoms with Crippen molar-refractivity contribution in [3.63, 3.8) is 0 Å². The number of hydrogen-bond acceptors (Lipinski definition) is 3. The Morgan fingerprint density at radius 1 is 1.33 bits per heavy atom. The maximum absolute atomic E-state index is 11.8. The van der Waals surface area contributed by atoms with Gasteiger partial charge in [-0.25, -0.2) is 0 Å². The van der Waals surface area contributed by atoms with E-state index < -0.39 is 6.10 Å². The zero-order chi connectivity index (χ0) is 13.5. The van der Waals surface area contributed by atoms with Crippen LogP contribution in [-0.2, 0) is 4.79 Å². The zero-order valence-electron chi connectivity index (χ0n) is 11.2. The number of aliphatic hydroxyl groups excluding tert-OH is 1. The number of likely N-dealkylation sites (N-methyl/N-ethyl adjacent to an activating group) is 1. The van der Waals surface area contributed by atoms with Crippen LogP contribution in [-0.4, -0.2) is 35.6 Å². The van der Waals surface area contributed by atoms with Gasteiger partial charge in [0.1, 0.15) is 5.75 Å². The number of rotatable bonds is 6. The van der Waals surface area contributed by atoms with Crippen molar-refractivity contribution >= 4 is 5.91 Å². The second-order valence-electron chi connectivity index (χ2n) is 4.07. The Bertz CT molecular complexity index is 386. The van der Waals surface area contributed by atoms with Crippen molar-refractivity contribution in [3.8, 4) is 5.75 Å². The van der Waals surface area contributed by atoms with Crippen LogP contribution in [0.1, 0.15) is 32.4 Å². The summed E-state index contributed by atoms with van der Waals surface area (Å²) >= 11 is 0. The van der Waals surface area contributed by atoms with Crippen LogP contribution < -0.4 is 4.74 Å². The molecule has 1 rings (SSSR count). The second-order valence-corrected chi connectivity index (χ2v) is 4.07. The van der Waals surface area contributed by atoms with Crippen molar-refractivity contribution in [3.05, 3.63) is 29.8 Å². The van der Waals surface area contributed by atoms with Crippen molar-refractivity contribution in [1.29, 1.82) is 0 Å². The Morgan fingerprint density at radius 3 is 2.50 bits per heavy atom. The summed E-state index contributed by atoms with van der Waals surface area (Å²) in [7, 11) is 0. The van der Waals surface area contributed by atoms with Gasteiger partial charge in [-0.3, -0.25) is 4.79 Å². The molecule has 1 aromatic rings. The maximum atomic E-state index is 11.8. The molecule has 0 aliphatic rings. The van der Waals surface area contributed by atoms with Crippen LogP contribution >= 0.6 is 0 Å². The molecule has 0 aliphatic heterocycles. The van der Waals surface area contributed by atoms with E-state index in [9.17, 15) is 9.90 Å². The van der Waals surface area contributed by atoms with Crippen molar-refractivity contribution in [2.45, 2.75) is 26.9 Å². The summed E-state index contributed by atoms with van der Waals surface area (Å²) in [5.74, 6) is 0.522. The molecule has 0 aromatic heterocycles. The fraction of sp³-hybridized carbons (Fsp3) is 0.500. The molecule has 0 fully saturated rings. The molecule has 0 heterocycles. The first-order valence-corrected chi connectivity index (χ1v) is 6.27. The molecular weight excluding hydrogens is 230 g/mol. The highest BCUT2D eigenvalue weighted by Gasteiger charge is 2.13. The lowest BCUT2D eigenvalue weighted by atomic mass is 10.1. The summed E-state index contributed by atoms with van der Waals surface area (Å²) in [6.45, 7) is 6.91. The fourth-order valence-electron chi connectivity index (χ4n) is 1.76. The molecule has 18 heavy (non-hydrogen) atoms. The number of nitrogens with zero attached hydrogens (tertiary/aromatic N) is 1. The van der Waals surface area contributed by atoms with E-state index in [-0.39, 0.29) is 12.5 Å². The van der Waals surface area contributed by atoms with Gasteiger partial charge < -0.3 is 14.7 Å². The molecule has 0 bridgehead atoms. The number of para-hydroxylation sites is 1. The van der Waals surface area contributed by atoms with Crippen LogP contribution in [0.2, 0.25) is 0 Å². The lowest BCUT2D eigenvalue weighted by molar-refractivity contribution is -0.133. The number of ether oxygens (including phenoxy) is 1. The first-order valence-electron chi connectivity index (χ1n) is 6.27. The van der Waals surface area contributed by atoms with E-state index in [0.717, 1.165) is 0 Å². The quantitative estimate of drug-likeness (QED) is 0.841. The minimum absolute atomic E-state index is 0.00537. The standard InChI is InChI=1S/C14H21NO3/c1-4-15(5-2)14(17)10-18-13-9-7-6-8-12(13)11(3)16/h6-9,11,16H,4-5,10H2,1-3H3/t11-/m1/s1. The summed E-state index contributed by atoms with van der Waals surface area (Å²) in [6, 6.07) is 7.21. The highest BCUT2D eigenvalue weighted by Crippen LogP contribution is 2.24. The average molecular weight is 251 g/mol. The number of amides is 1. The minimum atomic E-state index is -0.607. The lowest BCUT2D eigenvalue weighted by Crippen LogP contribution is -2.34. The predicted octanol–water partition coefficient (Wildman–Crippen LogP) is 1.99. The number of hydrogen-bond donors (Lipinski definition) is 1. The predicted molar refractivity (Wildman–Crippen MR) is 70.5 cm³/mol. The fourth-order valence-corrected chi connectivity index (χ4v) is 1.76. The topological polar surface area (TPSA) is 49.8 Å². The maximum Gasteiger partial charge on any atom is 0.260 e. The Labute approximate surface area is 108 Å². The minimum Gasteiger partial charge on any atom is -0.483 e. The summed E-state index contributed by atoms with van der Waals surface area (Å²) in [6.07, 6.45) is -0.607. The molecule has 1 N–H and O–H groups in total. The first-order chi connectivity index (χ1) is 8.60. The molecule has 0 saturated carbocycles. The Kier molecular flexibility index (Phi) is 5.65. The Morgan fingerprint density at radius 2 is 1.94 bits per heavy atom. The number of carbonyl (C=O) groups is 1. The van der Waals surface area contributed by atoms with E-state index >= 15 is 0 Å². The summed E-state index contributed by atoms with van der Waals surface area (Å²) in [4.78, 5) is 13.5. The molecule has 0 spiro atoms. The van der Waals surface area contributed by atoms with Crippen molar-refractivity contribution in [2.24, 2.45) is 0 Å². The van der Waals surface area contributed by atoms with Crippen LogP contribution in [0, 0.1) is 0 Å². The monoisotopic (exact) mass is 251 g/mol. The molecule has 1 aromatic carbocycles. The third-order valence-corrected chi connectivity index (χ3v) is 2.84. The normalized spacial score (nSPS) is 12.0. The third kappa shape index (κ3) is 3.74. The molecule has 1 amide bonds. The smallest absolute Gasteiger partial charge is 0.260 e. The van der Waals surface area contributed by atoms with E-state index in [0.29, 0.717) is 24.4 Å². The van der Waals surface area contributed by atoms with Gasteiger partial charge in [0.05, 0.1) is 6.10 Å². The van der Waals surface area contributed by atoms with Crippen LogP contribution in [0.15, 0.2) is 24.3 Å². The van der Waals surface area contributed by atoms with Crippen LogP contribution in [0.4, 0.5) is 0 Å². The van der Waals surface area contributed by atoms with E-state index in [1.165, 1.54) is 0 Å². The van der Waals surface area contributed by atoms with Gasteiger partial charge >= 0.3 is 0 Å². The molecule has 4 nitrogen and oxygen atoms in total. The Balaban J connectivity index is 2.66. The van der Waals surface area contributed by atoms with Gasteiger partial charge in [-0.15, -0.1) is 0 Å². The summed E-state index contributed by atoms with van der Waals surface area (Å²) in [5.41, 5.74) is 0.699. The van der Waals surface area contributed by atoms with Gasteiger partial charge in [0, 0.05) is 18.7 Å². The van der Waals surface area contributed by atoms with E-state index in [1.807, 2.05) is 26.0 Å². The molecule has 1 atom stereocenters. The molecule has 0 saturated heterocycles. The van der Waals surface area contributed by atoms with Crippen LogP contribution in [0.3, 0.4) is 0 Å². The van der Waals surface area contributed by atoms with Crippen LogP contribution in [0.5, 0.6) is 5.75 Å². The van der Waals surface area contributed by atoms with Gasteiger partial charge in [-0.1, -0.05) is 18.2 Å². The van der Waals surface area contributed by atoms with Gasteiger partial charge in [-0.05, 0) is 26.8 Å². The lowest BCUT2D eigenvalue weighted by Gasteiger charge is -2.19. The van der Waals surface area contributed by atoms with E-state index in [4.69, 9.17) is 4.74 Å². The largest absolute Gasteiger partial charge is 0.483 e. The summed E-state index contributed by atoms with van der Waals surface area (Å²) < 4.78 is 5.49. The van der Waals surface area contributed by atoms with E-state index in [2.05, 4.69) is 0 Å². The number of aliphatic hydroxyl groups is 1. The Hall–Kier alpha value is -1.55. The summed E-state index contributed by atoms with van der Waals surface area (Å²) in [5, 5.41) is 9.60. The molecule has 4 heteroatoms. The van der Waals surface area contributed by atoms with E-state index in [1.54, 1.807) is 24.0 Å². The van der Waals surface area contributed by atoms with Gasteiger partial charge in [0.2, 0.25) is 0 Å². The number of benzene rings is 1. The molecule has 0 aliphatic carbocycles. The highest BCUT2D eigenvalue weighted by atomic mass is 16.5. The number of carbonyl (C=O) groups excluding carboxylic acids is 1. The van der Waals surface area contributed by atoms with Gasteiger partial charge in [0.25, 0.3) is 5.91 Å². The molecular formula is C14H21NO3. The van der Waals surface area contributed by atoms with Crippen molar-refractivity contribution < 1.29 is 14.6 Å². The zero-order valence-corrected chi connectivity index (χ0v) is 11.2. The SMILES string of the molecule is CCN(CC)C(=O)COc1ccccc1[C@@H](C)O. The molecule has 0 radical (unpaired) electrons. The second kappa shape index (κ2) is 7.01. The molecule has 100 valence electrons. The van der Waals surface area contributed by atoms with Crippen molar-refractivity contribution in [2.75, 3.05) is 19.7 Å². The van der Waals surface area contributed by atoms with Gasteiger partial charge in [0.15, 0.2) is 6.61 Å². The van der Waals surface area contributed by atoms with Crippen LogP contribution in [0.25, 0.3) is 0 Å². The first kappa shape index (κ1) is 14.5.